The number of quaternary nitrogens is 1. The maximum atomic E-state index is 12.8. The summed E-state index contributed by atoms with van der Waals surface area (Å²) in [6.45, 7) is 1.40. The van der Waals surface area contributed by atoms with Gasteiger partial charge in [-0.15, -0.1) is 0 Å². The Morgan fingerprint density at radius 3 is 2.66 bits per heavy atom. The third kappa shape index (κ3) is 4.20. The molecule has 1 heterocycles. The van der Waals surface area contributed by atoms with Crippen LogP contribution in [0.1, 0.15) is 24.4 Å². The van der Waals surface area contributed by atoms with Gasteiger partial charge < -0.3 is 19.7 Å². The van der Waals surface area contributed by atoms with Gasteiger partial charge in [0, 0.05) is 18.5 Å². The summed E-state index contributed by atoms with van der Waals surface area (Å²) in [5, 5.41) is 5.36. The summed E-state index contributed by atoms with van der Waals surface area (Å²) in [7, 11) is 3.36. The summed E-state index contributed by atoms with van der Waals surface area (Å²) >= 11 is 0. The van der Waals surface area contributed by atoms with Crippen LogP contribution in [0.25, 0.3) is 10.8 Å². The molecule has 5 heteroatoms. The quantitative estimate of drug-likeness (QED) is 0.678. The lowest BCUT2D eigenvalue weighted by atomic mass is 10.0. The van der Waals surface area contributed by atoms with Gasteiger partial charge in [-0.1, -0.05) is 30.3 Å². The third-order valence-corrected chi connectivity index (χ3v) is 5.72. The van der Waals surface area contributed by atoms with Gasteiger partial charge in [-0.2, -0.15) is 0 Å². The van der Waals surface area contributed by atoms with Crippen molar-refractivity contribution in [2.45, 2.75) is 18.9 Å². The normalized spacial score (nSPS) is 18.6. The minimum atomic E-state index is 0.0315. The lowest BCUT2D eigenvalue weighted by Gasteiger charge is -2.23. The predicted molar refractivity (Wildman–Crippen MR) is 115 cm³/mol. The van der Waals surface area contributed by atoms with Crippen molar-refractivity contribution in [3.8, 4) is 11.5 Å². The van der Waals surface area contributed by atoms with Gasteiger partial charge in [-0.05, 0) is 41.1 Å². The van der Waals surface area contributed by atoms with Gasteiger partial charge in [-0.3, -0.25) is 4.79 Å². The van der Waals surface area contributed by atoms with Crippen LogP contribution in [0.2, 0.25) is 0 Å². The smallest absolute Gasteiger partial charge is 0.279 e. The highest BCUT2D eigenvalue weighted by Crippen LogP contribution is 2.31. The molecule has 1 aliphatic heterocycles. The third-order valence-electron chi connectivity index (χ3n) is 5.72. The van der Waals surface area contributed by atoms with Crippen molar-refractivity contribution in [1.29, 1.82) is 0 Å². The lowest BCUT2D eigenvalue weighted by molar-refractivity contribution is -0.910. The molecule has 0 saturated carbocycles. The molecule has 1 unspecified atom stereocenters. The molecule has 3 aromatic rings. The van der Waals surface area contributed by atoms with Crippen LogP contribution in [0, 0.1) is 0 Å². The summed E-state index contributed by atoms with van der Waals surface area (Å²) < 4.78 is 11.0. The number of likely N-dealkylation sites (tertiary alicyclic amines) is 1. The van der Waals surface area contributed by atoms with Gasteiger partial charge in [0.15, 0.2) is 6.54 Å². The molecule has 4 rings (SSSR count). The second-order valence-electron chi connectivity index (χ2n) is 7.50. The Kier molecular flexibility index (Phi) is 5.67. The highest BCUT2D eigenvalue weighted by atomic mass is 16.5. The molecule has 0 bridgehead atoms. The van der Waals surface area contributed by atoms with E-state index in [0.29, 0.717) is 6.54 Å². The number of carbonyl (C=O) groups excluding carboxylic acids is 1. The van der Waals surface area contributed by atoms with Crippen LogP contribution < -0.4 is 19.7 Å². The Hall–Kier alpha value is -3.05. The average Bonchev–Trinajstić information content (AvgIpc) is 3.20. The topological polar surface area (TPSA) is 52.0 Å². The second kappa shape index (κ2) is 8.53. The van der Waals surface area contributed by atoms with Gasteiger partial charge in [-0.25, -0.2) is 0 Å². The number of carbonyl (C=O) groups is 1. The molecule has 0 aliphatic carbocycles. The van der Waals surface area contributed by atoms with E-state index in [4.69, 9.17) is 9.47 Å². The first-order valence-electron chi connectivity index (χ1n) is 10.0. The molecule has 2 N–H and O–H groups in total. The van der Waals surface area contributed by atoms with E-state index in [9.17, 15) is 4.79 Å². The Morgan fingerprint density at radius 2 is 1.86 bits per heavy atom. The summed E-state index contributed by atoms with van der Waals surface area (Å²) in [6.07, 6.45) is 2.12. The molecule has 0 radical (unpaired) electrons. The highest BCUT2D eigenvalue weighted by molar-refractivity contribution is 5.94. The van der Waals surface area contributed by atoms with E-state index in [2.05, 4.69) is 17.4 Å². The van der Waals surface area contributed by atoms with E-state index in [-0.39, 0.29) is 11.9 Å². The van der Waals surface area contributed by atoms with Gasteiger partial charge in [0.2, 0.25) is 0 Å². The average molecular weight is 391 g/mol. The highest BCUT2D eigenvalue weighted by Gasteiger charge is 2.34. The number of fused-ring (bicyclic) bond motifs is 1. The summed E-state index contributed by atoms with van der Waals surface area (Å²) in [5.41, 5.74) is 1.95. The molecule has 0 spiro atoms. The first-order chi connectivity index (χ1) is 14.2. The largest absolute Gasteiger partial charge is 0.497 e. The minimum Gasteiger partial charge on any atom is -0.497 e. The number of benzene rings is 3. The number of ether oxygens (including phenoxy) is 2. The van der Waals surface area contributed by atoms with Gasteiger partial charge >= 0.3 is 0 Å². The zero-order chi connectivity index (χ0) is 20.2. The van der Waals surface area contributed by atoms with Crippen LogP contribution in [0.3, 0.4) is 0 Å². The fourth-order valence-electron chi connectivity index (χ4n) is 4.29. The zero-order valence-electron chi connectivity index (χ0n) is 16.9. The Morgan fingerprint density at radius 1 is 1.03 bits per heavy atom. The van der Waals surface area contributed by atoms with E-state index in [1.807, 2.05) is 48.5 Å². The summed E-state index contributed by atoms with van der Waals surface area (Å²) in [6, 6.07) is 20.3. The first kappa shape index (κ1) is 19.3. The van der Waals surface area contributed by atoms with E-state index in [1.165, 1.54) is 10.3 Å². The van der Waals surface area contributed by atoms with Crippen molar-refractivity contribution < 1.29 is 19.2 Å². The second-order valence-corrected chi connectivity index (χ2v) is 7.50. The fourth-order valence-corrected chi connectivity index (χ4v) is 4.29. The van der Waals surface area contributed by atoms with Crippen molar-refractivity contribution in [2.24, 2.45) is 0 Å². The Bertz CT molecular complexity index is 1020. The molecule has 150 valence electrons. The van der Waals surface area contributed by atoms with Crippen LogP contribution in [-0.4, -0.2) is 33.2 Å². The van der Waals surface area contributed by atoms with Gasteiger partial charge in [0.1, 0.15) is 17.5 Å². The number of anilines is 1. The van der Waals surface area contributed by atoms with Crippen LogP contribution in [0.15, 0.2) is 60.7 Å². The molecule has 1 saturated heterocycles. The molecule has 1 amide bonds. The van der Waals surface area contributed by atoms with E-state index in [0.717, 1.165) is 47.5 Å². The summed E-state index contributed by atoms with van der Waals surface area (Å²) in [5.74, 6) is 1.70. The summed E-state index contributed by atoms with van der Waals surface area (Å²) in [4.78, 5) is 14.0. The Balaban J connectivity index is 1.48. The predicted octanol–water partition coefficient (Wildman–Crippen LogP) is 3.22. The molecule has 5 nitrogen and oxygen atoms in total. The maximum absolute atomic E-state index is 12.8. The standard InChI is InChI=1S/C24H26N2O3/c1-28-20-11-12-23(29-2)21(15-20)22-8-5-13-26(22)16-24(27)25-19-10-9-17-6-3-4-7-18(17)14-19/h3-4,6-7,9-12,14-15,22H,5,8,13,16H2,1-2H3,(H,25,27)/p+1/t22-/m0/s1. The van der Waals surface area contributed by atoms with Crippen LogP contribution in [-0.2, 0) is 4.79 Å². The zero-order valence-corrected chi connectivity index (χ0v) is 16.9. The molecular weight excluding hydrogens is 364 g/mol. The van der Waals surface area contributed by atoms with Crippen LogP contribution in [0.4, 0.5) is 5.69 Å². The molecule has 2 atom stereocenters. The molecule has 3 aromatic carbocycles. The van der Waals surface area contributed by atoms with Crippen molar-refractivity contribution >= 4 is 22.4 Å². The first-order valence-corrected chi connectivity index (χ1v) is 10.0. The molecule has 1 aliphatic rings. The van der Waals surface area contributed by atoms with E-state index < -0.39 is 0 Å². The monoisotopic (exact) mass is 391 g/mol. The van der Waals surface area contributed by atoms with Crippen LogP contribution >= 0.6 is 0 Å². The number of rotatable bonds is 6. The van der Waals surface area contributed by atoms with E-state index >= 15 is 0 Å². The van der Waals surface area contributed by atoms with Crippen molar-refractivity contribution in [2.75, 3.05) is 32.6 Å². The number of hydrogen-bond donors (Lipinski definition) is 2. The maximum Gasteiger partial charge on any atom is 0.279 e. The molecule has 29 heavy (non-hydrogen) atoms. The van der Waals surface area contributed by atoms with Crippen molar-refractivity contribution in [3.63, 3.8) is 0 Å². The lowest BCUT2D eigenvalue weighted by Crippen LogP contribution is -3.11. The van der Waals surface area contributed by atoms with Gasteiger partial charge in [0.25, 0.3) is 5.91 Å². The fraction of sp³-hybridized carbons (Fsp3) is 0.292. The minimum absolute atomic E-state index is 0.0315. The van der Waals surface area contributed by atoms with Crippen molar-refractivity contribution in [1.82, 2.24) is 0 Å². The van der Waals surface area contributed by atoms with Gasteiger partial charge in [0.05, 0.1) is 26.3 Å². The van der Waals surface area contributed by atoms with Crippen LogP contribution in [0.5, 0.6) is 11.5 Å². The molecule has 1 fully saturated rings. The van der Waals surface area contributed by atoms with Crippen molar-refractivity contribution in [3.05, 3.63) is 66.2 Å². The molecular formula is C24H27N2O3+. The number of methoxy groups -OCH3 is 2. The number of nitrogens with one attached hydrogen (secondary N) is 2. The Labute approximate surface area is 171 Å². The molecule has 0 aromatic heterocycles. The number of amides is 1. The SMILES string of the molecule is COc1ccc(OC)c([C@@H]2CCC[NH+]2CC(=O)Nc2ccc3ccccc3c2)c1. The number of hydrogen-bond acceptors (Lipinski definition) is 3. The van der Waals surface area contributed by atoms with E-state index in [1.54, 1.807) is 14.2 Å².